The lowest BCUT2D eigenvalue weighted by Gasteiger charge is -2.08. The van der Waals surface area contributed by atoms with Crippen LogP contribution in [0.3, 0.4) is 0 Å². The van der Waals surface area contributed by atoms with Gasteiger partial charge in [-0.1, -0.05) is 6.92 Å². The van der Waals surface area contributed by atoms with Crippen LogP contribution in [-0.2, 0) is 0 Å². The van der Waals surface area contributed by atoms with Gasteiger partial charge in [-0.3, -0.25) is 0 Å². The summed E-state index contributed by atoms with van der Waals surface area (Å²) in [5.41, 5.74) is 1.04. The minimum Gasteiger partial charge on any atom is -0.309 e. The lowest BCUT2D eigenvalue weighted by molar-refractivity contribution is 0.562. The Kier molecular flexibility index (Phi) is 3.45. The average Bonchev–Trinajstić information content (AvgIpc) is 2.52. The van der Waals surface area contributed by atoms with E-state index >= 15 is 0 Å². The van der Waals surface area contributed by atoms with E-state index in [9.17, 15) is 0 Å². The van der Waals surface area contributed by atoms with Crippen molar-refractivity contribution in [1.82, 2.24) is 14.1 Å². The van der Waals surface area contributed by atoms with Crippen LogP contribution in [0.2, 0.25) is 0 Å². The van der Waals surface area contributed by atoms with E-state index in [4.69, 9.17) is 0 Å². The van der Waals surface area contributed by atoms with Crippen molar-refractivity contribution in [2.75, 3.05) is 6.54 Å². The molecule has 0 fully saturated rings. The Morgan fingerprint density at radius 3 is 3.09 bits per heavy atom. The fourth-order valence-corrected chi connectivity index (χ4v) is 1.33. The lowest BCUT2D eigenvalue weighted by Crippen LogP contribution is -2.19. The van der Waals surface area contributed by atoms with E-state index in [1.54, 1.807) is 0 Å². The van der Waals surface area contributed by atoms with Crippen LogP contribution in [0.1, 0.15) is 32.0 Å². The maximum atomic E-state index is 4.14. The molecule has 1 atom stereocenters. The largest absolute Gasteiger partial charge is 0.309 e. The van der Waals surface area contributed by atoms with Gasteiger partial charge in [0.1, 0.15) is 0 Å². The second-order valence-corrected chi connectivity index (χ2v) is 3.06. The zero-order chi connectivity index (χ0) is 8.10. The van der Waals surface area contributed by atoms with Gasteiger partial charge in [0.25, 0.3) is 0 Å². The van der Waals surface area contributed by atoms with Crippen LogP contribution >= 0.6 is 11.7 Å². The molecule has 62 valence electrons. The van der Waals surface area contributed by atoms with E-state index < -0.39 is 0 Å². The third-order valence-electron chi connectivity index (χ3n) is 1.52. The van der Waals surface area contributed by atoms with Crippen molar-refractivity contribution in [1.29, 1.82) is 0 Å². The molecule has 1 N–H and O–H groups in total. The summed E-state index contributed by atoms with van der Waals surface area (Å²) in [5.74, 6) is 0. The molecule has 3 nitrogen and oxygen atoms in total. The van der Waals surface area contributed by atoms with Crippen LogP contribution in [0.25, 0.3) is 0 Å². The second kappa shape index (κ2) is 4.41. The van der Waals surface area contributed by atoms with Gasteiger partial charge in [0.2, 0.25) is 0 Å². The number of rotatable bonds is 4. The van der Waals surface area contributed by atoms with Crippen molar-refractivity contribution in [3.8, 4) is 0 Å². The van der Waals surface area contributed by atoms with Gasteiger partial charge in [0, 0.05) is 6.04 Å². The van der Waals surface area contributed by atoms with Gasteiger partial charge in [-0.15, -0.1) is 0 Å². The molecule has 0 saturated heterocycles. The molecule has 0 aromatic carbocycles. The summed E-state index contributed by atoms with van der Waals surface area (Å²) in [6.45, 7) is 5.30. The first-order chi connectivity index (χ1) is 5.34. The third-order valence-corrected chi connectivity index (χ3v) is 2.01. The Labute approximate surface area is 71.2 Å². The average molecular weight is 171 g/mol. The Hall–Kier alpha value is -0.480. The standard InChI is InChI=1S/C7H13N3S/c1-3-4-8-6(2)7-5-9-11-10-7/h5-6,8H,3-4H2,1-2H3. The lowest BCUT2D eigenvalue weighted by atomic mass is 10.2. The number of nitrogens with zero attached hydrogens (tertiary/aromatic N) is 2. The van der Waals surface area contributed by atoms with E-state index in [0.29, 0.717) is 6.04 Å². The summed E-state index contributed by atoms with van der Waals surface area (Å²) < 4.78 is 8.08. The van der Waals surface area contributed by atoms with Gasteiger partial charge in [0.05, 0.1) is 23.6 Å². The predicted octanol–water partition coefficient (Wildman–Crippen LogP) is 1.60. The molecule has 1 aromatic heterocycles. The molecule has 0 saturated carbocycles. The van der Waals surface area contributed by atoms with Crippen molar-refractivity contribution in [2.45, 2.75) is 26.3 Å². The minimum atomic E-state index is 0.341. The Balaban J connectivity index is 2.36. The molecule has 1 heterocycles. The number of nitrogens with one attached hydrogen (secondary N) is 1. The maximum absolute atomic E-state index is 4.14. The highest BCUT2D eigenvalue weighted by Gasteiger charge is 2.05. The van der Waals surface area contributed by atoms with E-state index in [0.717, 1.165) is 18.7 Å². The van der Waals surface area contributed by atoms with Gasteiger partial charge in [-0.25, -0.2) is 0 Å². The van der Waals surface area contributed by atoms with Crippen LogP contribution in [-0.4, -0.2) is 15.3 Å². The highest BCUT2D eigenvalue weighted by Crippen LogP contribution is 2.07. The monoisotopic (exact) mass is 171 g/mol. The Bertz CT molecular complexity index is 186. The molecule has 0 radical (unpaired) electrons. The number of hydrogen-bond donors (Lipinski definition) is 1. The van der Waals surface area contributed by atoms with Crippen molar-refractivity contribution >= 4 is 11.7 Å². The maximum Gasteiger partial charge on any atom is 0.0909 e. The molecule has 0 aliphatic heterocycles. The number of aromatic nitrogens is 2. The van der Waals surface area contributed by atoms with Crippen LogP contribution in [0, 0.1) is 0 Å². The van der Waals surface area contributed by atoms with E-state index in [1.165, 1.54) is 11.7 Å². The number of hydrogen-bond acceptors (Lipinski definition) is 4. The molecule has 11 heavy (non-hydrogen) atoms. The molecule has 0 amide bonds. The molecule has 1 aromatic rings. The first kappa shape index (κ1) is 8.62. The van der Waals surface area contributed by atoms with Gasteiger partial charge in [-0.05, 0) is 19.9 Å². The summed E-state index contributed by atoms with van der Waals surface area (Å²) in [7, 11) is 0. The third kappa shape index (κ3) is 2.55. The Morgan fingerprint density at radius 2 is 2.55 bits per heavy atom. The summed E-state index contributed by atoms with van der Waals surface area (Å²) >= 11 is 1.26. The quantitative estimate of drug-likeness (QED) is 0.747. The van der Waals surface area contributed by atoms with Gasteiger partial charge in [-0.2, -0.15) is 8.75 Å². The molecule has 4 heteroatoms. The highest BCUT2D eigenvalue weighted by atomic mass is 32.1. The fraction of sp³-hybridized carbons (Fsp3) is 0.714. The summed E-state index contributed by atoms with van der Waals surface area (Å²) in [5, 5.41) is 3.34. The predicted molar refractivity (Wildman–Crippen MR) is 46.6 cm³/mol. The van der Waals surface area contributed by atoms with Crippen LogP contribution in [0.4, 0.5) is 0 Å². The fourth-order valence-electron chi connectivity index (χ4n) is 0.828. The van der Waals surface area contributed by atoms with Gasteiger partial charge < -0.3 is 5.32 Å². The summed E-state index contributed by atoms with van der Waals surface area (Å²) in [6, 6.07) is 0.341. The topological polar surface area (TPSA) is 37.8 Å². The Morgan fingerprint density at radius 1 is 1.73 bits per heavy atom. The molecule has 1 unspecified atom stereocenters. The summed E-state index contributed by atoms with van der Waals surface area (Å²) in [6.07, 6.45) is 2.97. The van der Waals surface area contributed by atoms with Crippen LogP contribution in [0.5, 0.6) is 0 Å². The van der Waals surface area contributed by atoms with Gasteiger partial charge >= 0.3 is 0 Å². The van der Waals surface area contributed by atoms with E-state index in [-0.39, 0.29) is 0 Å². The van der Waals surface area contributed by atoms with Crippen molar-refractivity contribution in [2.24, 2.45) is 0 Å². The second-order valence-electron chi connectivity index (χ2n) is 2.51. The molecule has 0 bridgehead atoms. The molecular weight excluding hydrogens is 158 g/mol. The molecule has 0 aliphatic rings. The van der Waals surface area contributed by atoms with Crippen LogP contribution < -0.4 is 5.32 Å². The normalized spacial score (nSPS) is 13.3. The van der Waals surface area contributed by atoms with Crippen molar-refractivity contribution in [3.05, 3.63) is 11.9 Å². The minimum absolute atomic E-state index is 0.341. The van der Waals surface area contributed by atoms with Crippen molar-refractivity contribution < 1.29 is 0 Å². The smallest absolute Gasteiger partial charge is 0.0909 e. The SMILES string of the molecule is CCCNC(C)c1cnsn1. The van der Waals surface area contributed by atoms with E-state index in [2.05, 4.69) is 27.9 Å². The first-order valence-corrected chi connectivity index (χ1v) is 4.58. The molecule has 1 rings (SSSR count). The van der Waals surface area contributed by atoms with E-state index in [1.807, 2.05) is 6.20 Å². The van der Waals surface area contributed by atoms with Crippen LogP contribution in [0.15, 0.2) is 6.20 Å². The summed E-state index contributed by atoms with van der Waals surface area (Å²) in [4.78, 5) is 0. The zero-order valence-corrected chi connectivity index (χ0v) is 7.69. The molecule has 0 aliphatic carbocycles. The van der Waals surface area contributed by atoms with Crippen molar-refractivity contribution in [3.63, 3.8) is 0 Å². The molecule has 0 spiro atoms. The first-order valence-electron chi connectivity index (χ1n) is 3.85. The molecular formula is C7H13N3S. The zero-order valence-electron chi connectivity index (χ0n) is 6.87. The van der Waals surface area contributed by atoms with Gasteiger partial charge in [0.15, 0.2) is 0 Å². The highest BCUT2D eigenvalue weighted by molar-refractivity contribution is 6.99.